The van der Waals surface area contributed by atoms with Gasteiger partial charge in [0.2, 0.25) is 5.95 Å². The fourth-order valence-corrected chi connectivity index (χ4v) is 3.80. The van der Waals surface area contributed by atoms with Gasteiger partial charge in [0.1, 0.15) is 5.82 Å². The van der Waals surface area contributed by atoms with Crippen molar-refractivity contribution >= 4 is 17.6 Å². The Labute approximate surface area is 156 Å². The van der Waals surface area contributed by atoms with Crippen LogP contribution in [-0.2, 0) is 0 Å². The lowest BCUT2D eigenvalue weighted by molar-refractivity contribution is 0.596. The maximum absolute atomic E-state index is 4.66. The third-order valence-electron chi connectivity index (χ3n) is 5.45. The fraction of sp³-hybridized carbons (Fsp3) is 0.650. The van der Waals surface area contributed by atoms with Crippen LogP contribution < -0.4 is 10.6 Å². The lowest BCUT2D eigenvalue weighted by Gasteiger charge is -2.16. The molecule has 2 aromatic heterocycles. The van der Waals surface area contributed by atoms with Crippen molar-refractivity contribution in [3.8, 4) is 0 Å². The molecule has 6 heteroatoms. The SMILES string of the molecule is CCCCCC(C)c1cnc(NC)nc1Nc1cc(C2CCCC2)[nH]n1. The Kier molecular flexibility index (Phi) is 6.47. The zero-order chi connectivity index (χ0) is 18.4. The zero-order valence-corrected chi connectivity index (χ0v) is 16.3. The summed E-state index contributed by atoms with van der Waals surface area (Å²) in [5, 5.41) is 14.1. The molecule has 2 heterocycles. The highest BCUT2D eigenvalue weighted by Gasteiger charge is 2.20. The highest BCUT2D eigenvalue weighted by molar-refractivity contribution is 5.58. The van der Waals surface area contributed by atoms with Gasteiger partial charge in [-0.1, -0.05) is 46.0 Å². The Morgan fingerprint density at radius 3 is 2.81 bits per heavy atom. The van der Waals surface area contributed by atoms with E-state index in [2.05, 4.69) is 50.7 Å². The van der Waals surface area contributed by atoms with Gasteiger partial charge in [-0.25, -0.2) is 4.98 Å². The standard InChI is InChI=1S/C20H32N6/c1-4-5-6-9-14(2)16-13-22-20(21-3)24-19(16)23-18-12-17(25-26-18)15-10-7-8-11-15/h12-15H,4-11H2,1-3H3,(H3,21,22,23,24,25,26). The molecule has 0 aliphatic heterocycles. The van der Waals surface area contributed by atoms with Gasteiger partial charge in [-0.05, 0) is 25.2 Å². The highest BCUT2D eigenvalue weighted by Crippen LogP contribution is 2.34. The smallest absolute Gasteiger partial charge is 0.224 e. The molecule has 1 aliphatic carbocycles. The summed E-state index contributed by atoms with van der Waals surface area (Å²) in [6.45, 7) is 4.50. The first-order valence-electron chi connectivity index (χ1n) is 10.1. The molecule has 0 radical (unpaired) electrons. The summed E-state index contributed by atoms with van der Waals surface area (Å²) in [4.78, 5) is 9.08. The number of hydrogen-bond donors (Lipinski definition) is 3. The molecule has 142 valence electrons. The minimum atomic E-state index is 0.420. The van der Waals surface area contributed by atoms with Crippen molar-refractivity contribution in [3.05, 3.63) is 23.5 Å². The molecule has 1 fully saturated rings. The number of rotatable bonds is 9. The first kappa shape index (κ1) is 18.7. The molecule has 1 unspecified atom stereocenters. The van der Waals surface area contributed by atoms with Gasteiger partial charge in [0.05, 0.1) is 0 Å². The van der Waals surface area contributed by atoms with Crippen LogP contribution in [0, 0.1) is 0 Å². The predicted molar refractivity (Wildman–Crippen MR) is 107 cm³/mol. The summed E-state index contributed by atoms with van der Waals surface area (Å²) in [5.41, 5.74) is 2.40. The first-order chi connectivity index (χ1) is 12.7. The van der Waals surface area contributed by atoms with Gasteiger partial charge in [-0.15, -0.1) is 0 Å². The van der Waals surface area contributed by atoms with Crippen molar-refractivity contribution in [2.75, 3.05) is 17.7 Å². The molecule has 0 bridgehead atoms. The van der Waals surface area contributed by atoms with Gasteiger partial charge in [0.25, 0.3) is 0 Å². The molecule has 0 saturated heterocycles. The van der Waals surface area contributed by atoms with E-state index in [1.807, 2.05) is 13.2 Å². The number of nitrogens with zero attached hydrogens (tertiary/aromatic N) is 3. The van der Waals surface area contributed by atoms with Crippen LogP contribution in [-0.4, -0.2) is 27.2 Å². The van der Waals surface area contributed by atoms with Gasteiger partial charge in [-0.3, -0.25) is 5.10 Å². The maximum Gasteiger partial charge on any atom is 0.224 e. The highest BCUT2D eigenvalue weighted by atomic mass is 15.2. The summed E-state index contributed by atoms with van der Waals surface area (Å²) >= 11 is 0. The molecule has 3 N–H and O–H groups in total. The van der Waals surface area contributed by atoms with Gasteiger partial charge in [0.15, 0.2) is 5.82 Å². The molecular formula is C20H32N6. The summed E-state index contributed by atoms with van der Waals surface area (Å²) in [6, 6.07) is 2.14. The number of H-pyrrole nitrogens is 1. The average Bonchev–Trinajstić information content (AvgIpc) is 3.33. The van der Waals surface area contributed by atoms with Crippen LogP contribution in [0.2, 0.25) is 0 Å². The van der Waals surface area contributed by atoms with Crippen LogP contribution in [0.4, 0.5) is 17.6 Å². The zero-order valence-electron chi connectivity index (χ0n) is 16.3. The molecule has 0 amide bonds. The van der Waals surface area contributed by atoms with Crippen molar-refractivity contribution in [3.63, 3.8) is 0 Å². The minimum absolute atomic E-state index is 0.420. The van der Waals surface area contributed by atoms with Crippen LogP contribution >= 0.6 is 0 Å². The molecule has 1 aliphatic rings. The Bertz CT molecular complexity index is 689. The second-order valence-corrected chi connectivity index (χ2v) is 7.46. The van der Waals surface area contributed by atoms with Crippen LogP contribution in [0.1, 0.15) is 88.3 Å². The lowest BCUT2D eigenvalue weighted by Crippen LogP contribution is -2.07. The number of nitrogens with one attached hydrogen (secondary N) is 3. The number of anilines is 3. The third kappa shape index (κ3) is 4.54. The maximum atomic E-state index is 4.66. The number of aromatic amines is 1. The number of unbranched alkanes of at least 4 members (excludes halogenated alkanes) is 2. The van der Waals surface area contributed by atoms with Crippen molar-refractivity contribution in [2.24, 2.45) is 0 Å². The molecular weight excluding hydrogens is 324 g/mol. The molecule has 2 aromatic rings. The molecule has 0 spiro atoms. The van der Waals surface area contributed by atoms with E-state index in [1.165, 1.54) is 50.6 Å². The number of aromatic nitrogens is 4. The second kappa shape index (κ2) is 9.01. The van der Waals surface area contributed by atoms with E-state index < -0.39 is 0 Å². The summed E-state index contributed by atoms with van der Waals surface area (Å²) in [5.74, 6) is 3.38. The normalized spacial score (nSPS) is 16.0. The van der Waals surface area contributed by atoms with E-state index in [9.17, 15) is 0 Å². The van der Waals surface area contributed by atoms with Gasteiger partial charge in [-0.2, -0.15) is 10.1 Å². The topological polar surface area (TPSA) is 78.5 Å². The van der Waals surface area contributed by atoms with Crippen molar-refractivity contribution < 1.29 is 0 Å². The van der Waals surface area contributed by atoms with E-state index in [1.54, 1.807) is 0 Å². The molecule has 6 nitrogen and oxygen atoms in total. The van der Waals surface area contributed by atoms with Crippen molar-refractivity contribution in [1.82, 2.24) is 20.2 Å². The Morgan fingerprint density at radius 1 is 1.27 bits per heavy atom. The van der Waals surface area contributed by atoms with E-state index in [0.717, 1.165) is 23.6 Å². The predicted octanol–water partition coefficient (Wildman–Crippen LogP) is 5.33. The van der Waals surface area contributed by atoms with Crippen molar-refractivity contribution in [1.29, 1.82) is 0 Å². The molecule has 26 heavy (non-hydrogen) atoms. The second-order valence-electron chi connectivity index (χ2n) is 7.46. The lowest BCUT2D eigenvalue weighted by atomic mass is 9.96. The third-order valence-corrected chi connectivity index (χ3v) is 5.45. The average molecular weight is 357 g/mol. The minimum Gasteiger partial charge on any atom is -0.357 e. The van der Waals surface area contributed by atoms with Crippen LogP contribution in [0.5, 0.6) is 0 Å². The van der Waals surface area contributed by atoms with Gasteiger partial charge in [0, 0.05) is 36.5 Å². The fourth-order valence-electron chi connectivity index (χ4n) is 3.80. The van der Waals surface area contributed by atoms with E-state index in [0.29, 0.717) is 17.8 Å². The summed E-state index contributed by atoms with van der Waals surface area (Å²) in [6.07, 6.45) is 12.0. The summed E-state index contributed by atoms with van der Waals surface area (Å²) < 4.78 is 0. The number of hydrogen-bond acceptors (Lipinski definition) is 5. The van der Waals surface area contributed by atoms with Gasteiger partial charge >= 0.3 is 0 Å². The van der Waals surface area contributed by atoms with Crippen LogP contribution in [0.25, 0.3) is 0 Å². The summed E-state index contributed by atoms with van der Waals surface area (Å²) in [7, 11) is 1.84. The molecule has 1 atom stereocenters. The molecule has 3 rings (SSSR count). The Morgan fingerprint density at radius 2 is 2.08 bits per heavy atom. The van der Waals surface area contributed by atoms with Crippen LogP contribution in [0.3, 0.4) is 0 Å². The quantitative estimate of drug-likeness (QED) is 0.530. The Hall–Kier alpha value is -2.11. The van der Waals surface area contributed by atoms with E-state index in [-0.39, 0.29) is 0 Å². The molecule has 1 saturated carbocycles. The van der Waals surface area contributed by atoms with E-state index >= 15 is 0 Å². The van der Waals surface area contributed by atoms with Gasteiger partial charge < -0.3 is 10.6 Å². The first-order valence-corrected chi connectivity index (χ1v) is 10.1. The van der Waals surface area contributed by atoms with E-state index in [4.69, 9.17) is 0 Å². The largest absolute Gasteiger partial charge is 0.357 e. The van der Waals surface area contributed by atoms with Crippen LogP contribution in [0.15, 0.2) is 12.3 Å². The molecule has 0 aromatic carbocycles. The van der Waals surface area contributed by atoms with Crippen molar-refractivity contribution in [2.45, 2.75) is 77.0 Å². The monoisotopic (exact) mass is 356 g/mol. The Balaban J connectivity index is 1.76.